The average molecular weight is 441 g/mol. The first-order valence-electron chi connectivity index (χ1n) is 8.75. The van der Waals surface area contributed by atoms with Gasteiger partial charge in [-0.3, -0.25) is 4.90 Å². The number of furan rings is 1. The molecule has 0 amide bonds. The van der Waals surface area contributed by atoms with E-state index in [1.807, 2.05) is 36.4 Å². The highest BCUT2D eigenvalue weighted by Gasteiger charge is 2.16. The zero-order chi connectivity index (χ0) is 19.9. The van der Waals surface area contributed by atoms with Gasteiger partial charge in [-0.2, -0.15) is 0 Å². The Kier molecular flexibility index (Phi) is 7.65. The van der Waals surface area contributed by atoms with Crippen LogP contribution < -0.4 is 4.74 Å². The van der Waals surface area contributed by atoms with Crippen LogP contribution in [0.5, 0.6) is 5.75 Å². The van der Waals surface area contributed by atoms with Gasteiger partial charge >= 0.3 is 0 Å². The highest BCUT2D eigenvalue weighted by Crippen LogP contribution is 2.27. The molecular formula is C21H20Cl3NO3. The van der Waals surface area contributed by atoms with Crippen molar-refractivity contribution in [3.63, 3.8) is 0 Å². The van der Waals surface area contributed by atoms with Crippen LogP contribution in [0.2, 0.25) is 15.1 Å². The minimum atomic E-state index is -0.732. The van der Waals surface area contributed by atoms with Crippen LogP contribution in [-0.4, -0.2) is 29.3 Å². The molecule has 0 fully saturated rings. The standard InChI is InChI=1S/C21H20Cl3NO3/c22-16-7-8-21(20(24)10-16)28-14-17(26)12-25(13-18-5-3-9-27-18)11-15-4-1-2-6-19(15)23/h1-10,17,26H,11-14H2. The lowest BCUT2D eigenvalue weighted by Gasteiger charge is -2.25. The molecule has 1 unspecified atom stereocenters. The molecule has 0 aliphatic rings. The number of hydrogen-bond donors (Lipinski definition) is 1. The van der Waals surface area contributed by atoms with Crippen LogP contribution in [0.25, 0.3) is 0 Å². The van der Waals surface area contributed by atoms with Crippen molar-refractivity contribution in [3.8, 4) is 5.75 Å². The molecule has 148 valence electrons. The zero-order valence-corrected chi connectivity index (χ0v) is 17.3. The number of ether oxygens (including phenoxy) is 1. The number of hydrogen-bond acceptors (Lipinski definition) is 4. The van der Waals surface area contributed by atoms with Crippen LogP contribution in [0, 0.1) is 0 Å². The summed E-state index contributed by atoms with van der Waals surface area (Å²) in [6.45, 7) is 1.58. The van der Waals surface area contributed by atoms with Gasteiger partial charge in [0.15, 0.2) is 0 Å². The van der Waals surface area contributed by atoms with Crippen molar-refractivity contribution in [1.82, 2.24) is 4.90 Å². The van der Waals surface area contributed by atoms with Gasteiger partial charge in [-0.15, -0.1) is 0 Å². The summed E-state index contributed by atoms with van der Waals surface area (Å²) >= 11 is 18.3. The molecule has 0 saturated heterocycles. The number of aliphatic hydroxyl groups excluding tert-OH is 1. The number of nitrogens with zero attached hydrogens (tertiary/aromatic N) is 1. The number of benzene rings is 2. The van der Waals surface area contributed by atoms with E-state index >= 15 is 0 Å². The fourth-order valence-corrected chi connectivity index (χ4v) is 3.46. The van der Waals surface area contributed by atoms with E-state index in [4.69, 9.17) is 44.0 Å². The van der Waals surface area contributed by atoms with Crippen molar-refractivity contribution in [1.29, 1.82) is 0 Å². The van der Waals surface area contributed by atoms with Gasteiger partial charge < -0.3 is 14.3 Å². The van der Waals surface area contributed by atoms with Gasteiger partial charge in [0.2, 0.25) is 0 Å². The topological polar surface area (TPSA) is 45.8 Å². The third-order valence-electron chi connectivity index (χ3n) is 4.11. The third-order valence-corrected chi connectivity index (χ3v) is 5.00. The normalized spacial score (nSPS) is 12.3. The van der Waals surface area contributed by atoms with Gasteiger partial charge in [0.25, 0.3) is 0 Å². The molecule has 0 saturated carbocycles. The number of aliphatic hydroxyl groups is 1. The minimum absolute atomic E-state index is 0.0958. The molecule has 7 heteroatoms. The second-order valence-corrected chi connectivity index (χ2v) is 7.63. The summed E-state index contributed by atoms with van der Waals surface area (Å²) in [5.74, 6) is 1.29. The summed E-state index contributed by atoms with van der Waals surface area (Å²) in [7, 11) is 0. The lowest BCUT2D eigenvalue weighted by Crippen LogP contribution is -2.35. The summed E-state index contributed by atoms with van der Waals surface area (Å²) in [6, 6.07) is 16.4. The maximum absolute atomic E-state index is 10.5. The molecule has 0 aliphatic carbocycles. The van der Waals surface area contributed by atoms with Crippen molar-refractivity contribution < 1.29 is 14.3 Å². The van der Waals surface area contributed by atoms with Crippen molar-refractivity contribution in [3.05, 3.63) is 87.3 Å². The summed E-state index contributed by atoms with van der Waals surface area (Å²) < 4.78 is 11.1. The van der Waals surface area contributed by atoms with Crippen LogP contribution in [0.15, 0.2) is 65.3 Å². The fraction of sp³-hybridized carbons (Fsp3) is 0.238. The Labute approximate surface area is 179 Å². The molecular weight excluding hydrogens is 421 g/mol. The van der Waals surface area contributed by atoms with Crippen molar-refractivity contribution in [2.75, 3.05) is 13.2 Å². The van der Waals surface area contributed by atoms with Gasteiger partial charge in [-0.25, -0.2) is 0 Å². The highest BCUT2D eigenvalue weighted by atomic mass is 35.5. The van der Waals surface area contributed by atoms with Crippen molar-refractivity contribution >= 4 is 34.8 Å². The molecule has 0 radical (unpaired) electrons. The Bertz CT molecular complexity index is 886. The van der Waals surface area contributed by atoms with E-state index in [9.17, 15) is 5.11 Å². The van der Waals surface area contributed by atoms with E-state index in [-0.39, 0.29) is 6.61 Å². The van der Waals surface area contributed by atoms with E-state index in [0.717, 1.165) is 11.3 Å². The Balaban J connectivity index is 1.63. The molecule has 0 aliphatic heterocycles. The first kappa shape index (κ1) is 21.0. The van der Waals surface area contributed by atoms with Gasteiger partial charge in [-0.1, -0.05) is 53.0 Å². The molecule has 0 bridgehead atoms. The van der Waals surface area contributed by atoms with E-state index in [1.54, 1.807) is 24.5 Å². The first-order valence-corrected chi connectivity index (χ1v) is 9.88. The molecule has 1 N–H and O–H groups in total. The lowest BCUT2D eigenvalue weighted by molar-refractivity contribution is 0.0605. The van der Waals surface area contributed by atoms with Crippen LogP contribution in [0.3, 0.4) is 0 Å². The third kappa shape index (κ3) is 6.16. The minimum Gasteiger partial charge on any atom is -0.489 e. The second kappa shape index (κ2) is 10.2. The molecule has 1 aromatic heterocycles. The molecule has 3 aromatic rings. The van der Waals surface area contributed by atoms with Gasteiger partial charge in [0.1, 0.15) is 24.2 Å². The van der Waals surface area contributed by atoms with E-state index in [0.29, 0.717) is 40.5 Å². The van der Waals surface area contributed by atoms with E-state index in [1.165, 1.54) is 0 Å². The summed E-state index contributed by atoms with van der Waals surface area (Å²) in [5.41, 5.74) is 0.976. The fourth-order valence-electron chi connectivity index (χ4n) is 2.80. The Morgan fingerprint density at radius 2 is 1.79 bits per heavy atom. The van der Waals surface area contributed by atoms with Gasteiger partial charge in [0.05, 0.1) is 17.8 Å². The molecule has 0 spiro atoms. The monoisotopic (exact) mass is 439 g/mol. The molecule has 1 atom stereocenters. The summed E-state index contributed by atoms with van der Waals surface area (Å²) in [6.07, 6.45) is 0.898. The Hall–Kier alpha value is -1.69. The zero-order valence-electron chi connectivity index (χ0n) is 15.0. The van der Waals surface area contributed by atoms with Crippen molar-refractivity contribution in [2.24, 2.45) is 0 Å². The van der Waals surface area contributed by atoms with Gasteiger partial charge in [0, 0.05) is 23.1 Å². The van der Waals surface area contributed by atoms with Gasteiger partial charge in [-0.05, 0) is 42.0 Å². The molecule has 4 nitrogen and oxygen atoms in total. The SMILES string of the molecule is OC(COc1ccc(Cl)cc1Cl)CN(Cc1ccco1)Cc1ccccc1Cl. The largest absolute Gasteiger partial charge is 0.489 e. The maximum atomic E-state index is 10.5. The number of rotatable bonds is 9. The molecule has 3 rings (SSSR count). The van der Waals surface area contributed by atoms with Crippen LogP contribution >= 0.6 is 34.8 Å². The quantitative estimate of drug-likeness (QED) is 0.465. The lowest BCUT2D eigenvalue weighted by atomic mass is 10.2. The van der Waals surface area contributed by atoms with Crippen molar-refractivity contribution in [2.45, 2.75) is 19.2 Å². The van der Waals surface area contributed by atoms with Crippen LogP contribution in [0.1, 0.15) is 11.3 Å². The number of halogens is 3. The summed E-state index contributed by atoms with van der Waals surface area (Å²) in [5, 5.41) is 12.1. The summed E-state index contributed by atoms with van der Waals surface area (Å²) in [4.78, 5) is 2.05. The Morgan fingerprint density at radius 3 is 2.50 bits per heavy atom. The highest BCUT2D eigenvalue weighted by molar-refractivity contribution is 6.35. The van der Waals surface area contributed by atoms with Crippen LogP contribution in [-0.2, 0) is 13.1 Å². The van der Waals surface area contributed by atoms with E-state index < -0.39 is 6.10 Å². The predicted octanol–water partition coefficient (Wildman–Crippen LogP) is 5.68. The first-order chi connectivity index (χ1) is 13.5. The predicted molar refractivity (Wildman–Crippen MR) is 112 cm³/mol. The molecule has 1 heterocycles. The van der Waals surface area contributed by atoms with E-state index in [2.05, 4.69) is 4.90 Å². The second-order valence-electron chi connectivity index (χ2n) is 6.38. The smallest absolute Gasteiger partial charge is 0.138 e. The maximum Gasteiger partial charge on any atom is 0.138 e. The average Bonchev–Trinajstić information content (AvgIpc) is 3.16. The molecule has 2 aromatic carbocycles. The molecule has 28 heavy (non-hydrogen) atoms. The van der Waals surface area contributed by atoms with Crippen LogP contribution in [0.4, 0.5) is 0 Å². The Morgan fingerprint density at radius 1 is 0.964 bits per heavy atom.